The number of anilines is 2. The summed E-state index contributed by atoms with van der Waals surface area (Å²) in [5.41, 5.74) is 9.48. The van der Waals surface area contributed by atoms with Crippen LogP contribution in [0.4, 0.5) is 11.9 Å². The molecule has 0 spiro atoms. The van der Waals surface area contributed by atoms with Gasteiger partial charge in [0.15, 0.2) is 23.7 Å². The molecule has 2 fully saturated rings. The van der Waals surface area contributed by atoms with Gasteiger partial charge in [-0.3, -0.25) is 42.3 Å². The summed E-state index contributed by atoms with van der Waals surface area (Å²) in [6.07, 6.45) is -10.7. The van der Waals surface area contributed by atoms with E-state index in [9.17, 15) is 53.5 Å². The van der Waals surface area contributed by atoms with E-state index in [1.165, 1.54) is 17.9 Å². The van der Waals surface area contributed by atoms with Crippen molar-refractivity contribution < 1.29 is 75.6 Å². The van der Waals surface area contributed by atoms with Gasteiger partial charge in [0.1, 0.15) is 36.6 Å². The van der Waals surface area contributed by atoms with Gasteiger partial charge in [0.2, 0.25) is 25.3 Å². The zero-order chi connectivity index (χ0) is 38.1. The normalized spacial score (nSPS) is 30.1. The van der Waals surface area contributed by atoms with E-state index in [2.05, 4.69) is 42.6 Å². The minimum Gasteiger partial charge on any atom is -0.387 e. The molecule has 0 aromatic carbocycles. The largest absolute Gasteiger partial charge is 0.478 e. The number of nitrogens with one attached hydrogen (secondary N) is 2. The molecule has 6 rings (SSSR count). The lowest BCUT2D eigenvalue weighted by molar-refractivity contribution is -0.745. The lowest BCUT2D eigenvalue weighted by Gasteiger charge is -2.22. The van der Waals surface area contributed by atoms with Gasteiger partial charge in [-0.2, -0.15) is 4.98 Å². The highest BCUT2D eigenvalue weighted by atomic mass is 31.3. The Morgan fingerprint density at radius 1 is 0.904 bits per heavy atom. The Morgan fingerprint density at radius 2 is 1.46 bits per heavy atom. The molecule has 2 aliphatic rings. The quantitative estimate of drug-likeness (QED) is 0.0368. The summed E-state index contributed by atoms with van der Waals surface area (Å²) in [7, 11) is -9.92. The molecule has 0 saturated carbocycles. The van der Waals surface area contributed by atoms with Crippen molar-refractivity contribution >= 4 is 64.9 Å². The molecule has 0 aliphatic carbocycles. The summed E-state index contributed by atoms with van der Waals surface area (Å²) >= 11 is 0. The van der Waals surface area contributed by atoms with Crippen LogP contribution in [-0.4, -0.2) is 122 Å². The van der Waals surface area contributed by atoms with Crippen LogP contribution in [0.1, 0.15) is 12.5 Å². The first-order valence-corrected chi connectivity index (χ1v) is 19.0. The molecule has 2 radical (unpaired) electrons. The van der Waals surface area contributed by atoms with E-state index in [-0.39, 0.29) is 34.2 Å². The fraction of sp³-hybridized carbons (Fsp3) is 0.524. The van der Waals surface area contributed by atoms with Crippen LogP contribution < -0.4 is 27.2 Å². The summed E-state index contributed by atoms with van der Waals surface area (Å²) in [5, 5.41) is 42.1. The van der Waals surface area contributed by atoms with E-state index >= 15 is 0 Å². The maximum atomic E-state index is 12.6. The number of nitrogens with zero attached hydrogens (tertiary/aromatic N) is 6. The summed E-state index contributed by atoms with van der Waals surface area (Å²) in [6, 6.07) is 0. The van der Waals surface area contributed by atoms with Gasteiger partial charge in [-0.1, -0.05) is 4.98 Å². The lowest BCUT2D eigenvalue weighted by Crippen LogP contribution is -2.46. The Balaban J connectivity index is 1.05. The van der Waals surface area contributed by atoms with Gasteiger partial charge in [-0.05, 0) is 0 Å². The number of phosphoric acid groups is 2. The van der Waals surface area contributed by atoms with Gasteiger partial charge >= 0.3 is 21.3 Å². The number of H-pyrrole nitrogens is 2. The Bertz CT molecular complexity index is 2280. The summed E-state index contributed by atoms with van der Waals surface area (Å²) in [5.74, 6) is -0.566. The third-order valence-electron chi connectivity index (χ3n) is 7.70. The van der Waals surface area contributed by atoms with Crippen molar-refractivity contribution in [3.8, 4) is 0 Å². The van der Waals surface area contributed by atoms with E-state index in [1.807, 2.05) is 0 Å². The molecule has 2 aliphatic heterocycles. The number of ether oxygens (including phenoxy) is 2. The Morgan fingerprint density at radius 3 is 2.10 bits per heavy atom. The molecule has 31 heteroatoms. The predicted molar refractivity (Wildman–Crippen MR) is 167 cm³/mol. The van der Waals surface area contributed by atoms with Crippen molar-refractivity contribution in [3.05, 3.63) is 33.4 Å². The van der Waals surface area contributed by atoms with Crippen molar-refractivity contribution in [3.63, 3.8) is 0 Å². The molecule has 0 bridgehead atoms. The fourth-order valence-corrected chi connectivity index (χ4v) is 9.20. The Kier molecular flexibility index (Phi) is 10.1. The number of aliphatic hydroxyl groups excluding tert-OH is 4. The maximum absolute atomic E-state index is 12.6. The van der Waals surface area contributed by atoms with Crippen molar-refractivity contribution in [2.24, 2.45) is 7.05 Å². The number of aromatic nitrogens is 8. The summed E-state index contributed by atoms with van der Waals surface area (Å²) in [4.78, 5) is 60.9. The predicted octanol–water partition coefficient (Wildman–Crippen LogP) is -4.37. The number of imidazole rings is 2. The van der Waals surface area contributed by atoms with Gasteiger partial charge in [0, 0.05) is 0 Å². The summed E-state index contributed by atoms with van der Waals surface area (Å²) < 4.78 is 70.2. The number of aliphatic hydroxyl groups is 4. The molecule has 27 nitrogen and oxygen atoms in total. The smallest absolute Gasteiger partial charge is 0.387 e. The fourth-order valence-electron chi connectivity index (χ4n) is 5.46. The number of nitrogens with two attached hydrogens (primary N) is 2. The number of aromatic amines is 2. The molecule has 0 amide bonds. The number of hydrogen-bond donors (Lipinski definition) is 10. The van der Waals surface area contributed by atoms with Crippen molar-refractivity contribution in [2.75, 3.05) is 24.7 Å². The highest BCUT2D eigenvalue weighted by Crippen LogP contribution is 2.67. The molecule has 12 N–H and O–H groups in total. The zero-order valence-corrected chi connectivity index (χ0v) is 28.8. The molecule has 6 heterocycles. The third-order valence-corrected chi connectivity index (χ3v) is 12.1. The van der Waals surface area contributed by atoms with Crippen molar-refractivity contribution in [1.82, 2.24) is 34.1 Å². The van der Waals surface area contributed by atoms with Gasteiger partial charge in [-0.25, -0.2) is 27.3 Å². The second-order valence-corrected chi connectivity index (χ2v) is 16.1. The van der Waals surface area contributed by atoms with E-state index in [4.69, 9.17) is 28.5 Å². The van der Waals surface area contributed by atoms with Crippen molar-refractivity contribution in [2.45, 2.75) is 49.1 Å². The van der Waals surface area contributed by atoms with Crippen LogP contribution in [0.5, 0.6) is 0 Å². The first kappa shape index (κ1) is 38.3. The highest BCUT2D eigenvalue weighted by molar-refractivity contribution is 7.86. The van der Waals surface area contributed by atoms with E-state index in [0.717, 1.165) is 15.5 Å². The average molecular weight is 797 g/mol. The van der Waals surface area contributed by atoms with Crippen LogP contribution in [0.2, 0.25) is 0 Å². The van der Waals surface area contributed by atoms with Gasteiger partial charge < -0.3 is 51.2 Å². The van der Waals surface area contributed by atoms with E-state index in [1.54, 1.807) is 0 Å². The number of fused-ring (bicyclic) bond motifs is 2. The Hall–Kier alpha value is -3.43. The van der Waals surface area contributed by atoms with Crippen LogP contribution in [0, 0.1) is 0 Å². The minimum atomic E-state index is -5.57. The highest BCUT2D eigenvalue weighted by Gasteiger charge is 2.49. The zero-order valence-electron chi connectivity index (χ0n) is 26.1. The molecule has 52 heavy (non-hydrogen) atoms. The second-order valence-electron chi connectivity index (χ2n) is 11.4. The molecule has 282 valence electrons. The lowest BCUT2D eigenvalue weighted by atomic mass is 10.1. The molecular weight excluding hydrogens is 768 g/mol. The third kappa shape index (κ3) is 7.50. The molecule has 2 saturated heterocycles. The number of aryl methyl sites for hydroxylation is 1. The Labute approximate surface area is 288 Å². The SMILES string of the molecule is [B]P(=O)(OP(=O)(O)OC[C@H]1O[C@@H](n2cnc3c(=O)[nH]c(N)nc32)[C@H](O)[C@@H]1O)OP(=O)(O)OC[C@H]1O[C@@H]([n+]2cn(C)c3c(=O)[nH]c(N)nc32)[C@H](O)[C@@H]1O. The maximum Gasteiger partial charge on any atom is 0.478 e. The van der Waals surface area contributed by atoms with Crippen LogP contribution in [0.25, 0.3) is 22.3 Å². The first-order valence-electron chi connectivity index (χ1n) is 14.4. The molecule has 11 atom stereocenters. The van der Waals surface area contributed by atoms with Crippen LogP contribution in [0.15, 0.2) is 22.2 Å². The number of rotatable bonds is 12. The number of nitrogen functional groups attached to an aromatic ring is 2. The van der Waals surface area contributed by atoms with Crippen molar-refractivity contribution in [1.29, 1.82) is 0 Å². The van der Waals surface area contributed by atoms with E-state index < -0.39 is 96.5 Å². The molecule has 4 aromatic heterocycles. The molecule has 4 aromatic rings. The topological polar surface area (TPSA) is 398 Å². The monoisotopic (exact) mass is 797 g/mol. The average Bonchev–Trinajstić information content (AvgIpc) is 3.74. The van der Waals surface area contributed by atoms with Crippen LogP contribution in [0.3, 0.4) is 0 Å². The van der Waals surface area contributed by atoms with Crippen LogP contribution >= 0.6 is 23.1 Å². The number of hydrogen-bond acceptors (Lipinski definition) is 20. The van der Waals surface area contributed by atoms with Gasteiger partial charge in [-0.15, -0.1) is 0 Å². The molecule has 3 unspecified atom stereocenters. The van der Waals surface area contributed by atoms with Gasteiger partial charge in [0.25, 0.3) is 24.5 Å². The minimum absolute atomic E-state index is 0.0237. The molecular formula is C21H29BN10O17P3+. The number of phosphoric ester groups is 2. The van der Waals surface area contributed by atoms with Gasteiger partial charge in [0.05, 0.1) is 26.6 Å². The summed E-state index contributed by atoms with van der Waals surface area (Å²) in [6.45, 7) is -2.06. The standard InChI is InChI=1S/C21H28BN10O17P3/c1-30-5-32(15-9(30)17(38)29-21(24)27-15)19-13(36)11(34)7(47-19)3-45-52(42,43)49-50(22,39)48-51(40,41)44-2-6-10(33)12(35)18(46-6)31-4-25-8-14(31)26-20(23)28-16(8)37/h4-7,10-13,18-19,33-36H,2-3H2,1H3,(H7-,23,24,26,27,28,29,37,38,40,41,42,43)/p+1/t6-,7-,10-,11-,12-,13-,18-,19-,50?/m1/s1. The first-order chi connectivity index (χ1) is 24.2. The van der Waals surface area contributed by atoms with E-state index in [0.29, 0.717) is 0 Å². The second kappa shape index (κ2) is 13.8. The van der Waals surface area contributed by atoms with Crippen LogP contribution in [-0.2, 0) is 47.9 Å².